The quantitative estimate of drug-likeness (QED) is 0.938. The summed E-state index contributed by atoms with van der Waals surface area (Å²) in [5.74, 6) is -1.27. The molecule has 0 unspecified atom stereocenters. The van der Waals surface area contributed by atoms with E-state index in [0.29, 0.717) is 16.9 Å². The number of hydrogen-bond donors (Lipinski definition) is 1. The predicted octanol–water partition coefficient (Wildman–Crippen LogP) is 2.50. The Morgan fingerprint density at radius 3 is 2.65 bits per heavy atom. The Kier molecular flexibility index (Phi) is 3.81. The second kappa shape index (κ2) is 5.66. The van der Waals surface area contributed by atoms with Gasteiger partial charge >= 0.3 is 0 Å². The number of fused-ring (bicyclic) bond motifs is 1. The van der Waals surface area contributed by atoms with Crippen molar-refractivity contribution in [1.82, 2.24) is 0 Å². The third-order valence-electron chi connectivity index (χ3n) is 3.67. The summed E-state index contributed by atoms with van der Waals surface area (Å²) in [6, 6.07) is 11.3. The van der Waals surface area contributed by atoms with Crippen LogP contribution in [0.15, 0.2) is 48.5 Å². The Morgan fingerprint density at radius 2 is 1.91 bits per heavy atom. The summed E-state index contributed by atoms with van der Waals surface area (Å²) in [5, 5.41) is 2.68. The van der Waals surface area contributed by atoms with Crippen molar-refractivity contribution in [3.8, 4) is 0 Å². The number of amides is 1. The minimum absolute atomic E-state index is 0.334. The lowest BCUT2D eigenvalue weighted by Crippen LogP contribution is -2.49. The Hall–Kier alpha value is -2.41. The molecule has 1 amide bonds. The number of carbonyl (C=O) groups is 1. The molecule has 120 valence electrons. The molecular weight excluding hydrogens is 319 g/mol. The summed E-state index contributed by atoms with van der Waals surface area (Å²) in [4.78, 5) is 12.0. The van der Waals surface area contributed by atoms with Crippen LogP contribution in [0.5, 0.6) is 0 Å². The standard InChI is InChI=1S/C16H15FN2O3S/c1-11-16(20)18-14-7-2-3-8-15(14)19(11)23(21,22)10-12-5-4-6-13(17)9-12/h2-9,11H,10H2,1H3,(H,18,20)/t11-/m0/s1. The van der Waals surface area contributed by atoms with Crippen LogP contribution in [0, 0.1) is 5.82 Å². The molecule has 7 heteroatoms. The van der Waals surface area contributed by atoms with Crippen molar-refractivity contribution in [3.05, 3.63) is 59.9 Å². The van der Waals surface area contributed by atoms with Crippen LogP contribution in [0.4, 0.5) is 15.8 Å². The van der Waals surface area contributed by atoms with E-state index in [0.717, 1.165) is 4.31 Å². The lowest BCUT2D eigenvalue weighted by molar-refractivity contribution is -0.117. The number of anilines is 2. The van der Waals surface area contributed by atoms with Crippen LogP contribution in [0.3, 0.4) is 0 Å². The topological polar surface area (TPSA) is 66.5 Å². The van der Waals surface area contributed by atoms with E-state index in [1.54, 1.807) is 30.3 Å². The maximum atomic E-state index is 13.3. The SMILES string of the molecule is C[C@H]1C(=O)Nc2ccccc2N1S(=O)(=O)Cc1cccc(F)c1. The summed E-state index contributed by atoms with van der Waals surface area (Å²) in [7, 11) is -3.84. The van der Waals surface area contributed by atoms with Crippen LogP contribution in [-0.2, 0) is 20.6 Å². The molecule has 0 aliphatic carbocycles. The Bertz CT molecular complexity index is 867. The average Bonchev–Trinajstić information content (AvgIpc) is 2.47. The molecular formula is C16H15FN2O3S. The zero-order valence-corrected chi connectivity index (χ0v) is 13.2. The van der Waals surface area contributed by atoms with Crippen LogP contribution in [0.2, 0.25) is 0 Å². The van der Waals surface area contributed by atoms with Crippen molar-refractivity contribution in [2.75, 3.05) is 9.62 Å². The fourth-order valence-corrected chi connectivity index (χ4v) is 4.40. The van der Waals surface area contributed by atoms with Gasteiger partial charge in [0.25, 0.3) is 0 Å². The Morgan fingerprint density at radius 1 is 1.17 bits per heavy atom. The first-order valence-corrected chi connectivity index (χ1v) is 8.66. The highest BCUT2D eigenvalue weighted by molar-refractivity contribution is 7.92. The lowest BCUT2D eigenvalue weighted by Gasteiger charge is -2.35. The zero-order valence-electron chi connectivity index (χ0n) is 12.4. The molecule has 1 aliphatic rings. The maximum absolute atomic E-state index is 13.3. The van der Waals surface area contributed by atoms with E-state index < -0.39 is 27.8 Å². The van der Waals surface area contributed by atoms with E-state index in [1.807, 2.05) is 0 Å². The molecule has 1 atom stereocenters. The Labute approximate surface area is 133 Å². The van der Waals surface area contributed by atoms with E-state index >= 15 is 0 Å². The molecule has 2 aromatic rings. The van der Waals surface area contributed by atoms with E-state index in [4.69, 9.17) is 0 Å². The van der Waals surface area contributed by atoms with E-state index in [2.05, 4.69) is 5.32 Å². The van der Waals surface area contributed by atoms with Crippen LogP contribution >= 0.6 is 0 Å². The van der Waals surface area contributed by atoms with Crippen molar-refractivity contribution in [2.24, 2.45) is 0 Å². The monoisotopic (exact) mass is 334 g/mol. The number of halogens is 1. The largest absolute Gasteiger partial charge is 0.322 e. The summed E-state index contributed by atoms with van der Waals surface area (Å²) in [6.45, 7) is 1.52. The number of para-hydroxylation sites is 2. The van der Waals surface area contributed by atoms with Crippen LogP contribution in [-0.4, -0.2) is 20.4 Å². The molecule has 1 heterocycles. The number of carbonyl (C=O) groups excluding carboxylic acids is 1. The molecule has 0 fully saturated rings. The third kappa shape index (κ3) is 2.92. The highest BCUT2D eigenvalue weighted by Gasteiger charge is 2.37. The fourth-order valence-electron chi connectivity index (χ4n) is 2.62. The molecule has 2 aromatic carbocycles. The maximum Gasteiger partial charge on any atom is 0.248 e. The predicted molar refractivity (Wildman–Crippen MR) is 86.0 cm³/mol. The van der Waals surface area contributed by atoms with Gasteiger partial charge in [-0.2, -0.15) is 0 Å². The van der Waals surface area contributed by atoms with Crippen LogP contribution in [0.25, 0.3) is 0 Å². The molecule has 1 N–H and O–H groups in total. The van der Waals surface area contributed by atoms with Gasteiger partial charge in [-0.15, -0.1) is 0 Å². The number of hydrogen-bond acceptors (Lipinski definition) is 3. The van der Waals surface area contributed by atoms with Crippen molar-refractivity contribution in [1.29, 1.82) is 0 Å². The fraction of sp³-hybridized carbons (Fsp3) is 0.188. The van der Waals surface area contributed by atoms with Crippen molar-refractivity contribution >= 4 is 27.3 Å². The molecule has 23 heavy (non-hydrogen) atoms. The summed E-state index contributed by atoms with van der Waals surface area (Å²) < 4.78 is 40.0. The number of nitrogens with one attached hydrogen (secondary N) is 1. The van der Waals surface area contributed by atoms with Crippen molar-refractivity contribution in [2.45, 2.75) is 18.7 Å². The van der Waals surface area contributed by atoms with Gasteiger partial charge in [-0.25, -0.2) is 12.8 Å². The van der Waals surface area contributed by atoms with E-state index in [-0.39, 0.29) is 5.75 Å². The number of rotatable bonds is 3. The first-order chi connectivity index (χ1) is 10.9. The minimum atomic E-state index is -3.84. The van der Waals surface area contributed by atoms with Gasteiger partial charge in [0, 0.05) is 0 Å². The molecule has 0 spiro atoms. The minimum Gasteiger partial charge on any atom is -0.322 e. The number of nitrogens with zero attached hydrogens (tertiary/aromatic N) is 1. The molecule has 0 aromatic heterocycles. The molecule has 0 radical (unpaired) electrons. The first-order valence-electron chi connectivity index (χ1n) is 7.05. The van der Waals surface area contributed by atoms with E-state index in [1.165, 1.54) is 25.1 Å². The summed E-state index contributed by atoms with van der Waals surface area (Å²) in [6.07, 6.45) is 0. The van der Waals surface area contributed by atoms with Crippen LogP contribution in [0.1, 0.15) is 12.5 Å². The van der Waals surface area contributed by atoms with Gasteiger partial charge in [-0.1, -0.05) is 24.3 Å². The highest BCUT2D eigenvalue weighted by atomic mass is 32.2. The van der Waals surface area contributed by atoms with Crippen molar-refractivity contribution in [3.63, 3.8) is 0 Å². The average molecular weight is 334 g/mol. The zero-order chi connectivity index (χ0) is 16.6. The summed E-state index contributed by atoms with van der Waals surface area (Å²) in [5.41, 5.74) is 1.19. The molecule has 0 saturated carbocycles. The second-order valence-electron chi connectivity index (χ2n) is 5.36. The number of sulfonamides is 1. The van der Waals surface area contributed by atoms with Crippen molar-refractivity contribution < 1.29 is 17.6 Å². The first kappa shape index (κ1) is 15.5. The highest BCUT2D eigenvalue weighted by Crippen LogP contribution is 2.34. The normalized spacial score (nSPS) is 17.6. The van der Waals surface area contributed by atoms with Gasteiger partial charge in [0.15, 0.2) is 0 Å². The lowest BCUT2D eigenvalue weighted by atomic mass is 10.1. The summed E-state index contributed by atoms with van der Waals surface area (Å²) >= 11 is 0. The Balaban J connectivity index is 2.03. The van der Waals surface area contributed by atoms with Gasteiger partial charge in [-0.05, 0) is 36.8 Å². The molecule has 3 rings (SSSR count). The molecule has 1 aliphatic heterocycles. The van der Waals surface area contributed by atoms with Gasteiger partial charge in [0.1, 0.15) is 11.9 Å². The van der Waals surface area contributed by atoms with Gasteiger partial charge < -0.3 is 5.32 Å². The second-order valence-corrected chi connectivity index (χ2v) is 7.21. The molecule has 0 saturated heterocycles. The smallest absolute Gasteiger partial charge is 0.248 e. The third-order valence-corrected chi connectivity index (χ3v) is 5.48. The number of benzene rings is 2. The van der Waals surface area contributed by atoms with E-state index in [9.17, 15) is 17.6 Å². The molecule has 5 nitrogen and oxygen atoms in total. The van der Waals surface area contributed by atoms with Gasteiger partial charge in [0.05, 0.1) is 17.1 Å². The van der Waals surface area contributed by atoms with Gasteiger partial charge in [0.2, 0.25) is 15.9 Å². The molecule has 0 bridgehead atoms. The van der Waals surface area contributed by atoms with Gasteiger partial charge in [-0.3, -0.25) is 9.10 Å². The van der Waals surface area contributed by atoms with Crippen LogP contribution < -0.4 is 9.62 Å².